The van der Waals surface area contributed by atoms with Crippen molar-refractivity contribution in [3.05, 3.63) is 59.7 Å². The van der Waals surface area contributed by atoms with E-state index in [1.54, 1.807) is 12.0 Å². The highest BCUT2D eigenvalue weighted by Gasteiger charge is 2.18. The van der Waals surface area contributed by atoms with Crippen LogP contribution >= 0.6 is 0 Å². The molecule has 2 N–H and O–H groups in total. The molecule has 7 heteroatoms. The van der Waals surface area contributed by atoms with Gasteiger partial charge in [0.2, 0.25) is 0 Å². The first-order valence-electron chi connectivity index (χ1n) is 11.7. The molecule has 2 aromatic carbocycles. The predicted molar refractivity (Wildman–Crippen MR) is 134 cm³/mol. The van der Waals surface area contributed by atoms with Gasteiger partial charge < -0.3 is 15.0 Å². The van der Waals surface area contributed by atoms with Gasteiger partial charge in [-0.2, -0.15) is 0 Å². The quantitative estimate of drug-likeness (QED) is 0.643. The number of ether oxygens (including phenoxy) is 1. The molecule has 0 aliphatic carbocycles. The lowest BCUT2D eigenvalue weighted by molar-refractivity contribution is 0.0798. The number of anilines is 1. The maximum absolute atomic E-state index is 12.8. The second kappa shape index (κ2) is 11.1. The Balaban J connectivity index is 1.27. The Morgan fingerprint density at radius 2 is 1.94 bits per heavy atom. The third kappa shape index (κ3) is 6.20. The molecule has 0 bridgehead atoms. The lowest BCUT2D eigenvalue weighted by Gasteiger charge is -2.25. The van der Waals surface area contributed by atoms with Crippen LogP contribution in [0.4, 0.5) is 5.69 Å². The fraction of sp³-hybridized carbons (Fsp3) is 0.423. The van der Waals surface area contributed by atoms with Crippen LogP contribution in [0.2, 0.25) is 0 Å². The Hall–Kier alpha value is -3.19. The molecule has 0 saturated heterocycles. The average Bonchev–Trinajstić information content (AvgIpc) is 2.88. The Morgan fingerprint density at radius 1 is 1.15 bits per heavy atom. The van der Waals surface area contributed by atoms with Gasteiger partial charge in [-0.15, -0.1) is 0 Å². The summed E-state index contributed by atoms with van der Waals surface area (Å²) in [5.41, 5.74) is 4.06. The highest BCUT2D eigenvalue weighted by molar-refractivity contribution is 5.95. The number of methoxy groups -OCH3 is 1. The van der Waals surface area contributed by atoms with Gasteiger partial charge in [-0.05, 0) is 61.2 Å². The first-order chi connectivity index (χ1) is 16.1. The number of benzene rings is 2. The highest BCUT2D eigenvalue weighted by atomic mass is 16.5. The summed E-state index contributed by atoms with van der Waals surface area (Å²) >= 11 is 0. The van der Waals surface area contributed by atoms with Gasteiger partial charge in [0.15, 0.2) is 6.29 Å². The molecule has 0 radical (unpaired) electrons. The van der Waals surface area contributed by atoms with Crippen LogP contribution < -0.4 is 15.4 Å². The minimum absolute atomic E-state index is 0.0362. The average molecular weight is 448 g/mol. The largest absolute Gasteiger partial charge is 0.497 e. The van der Waals surface area contributed by atoms with Crippen LogP contribution in [0.3, 0.4) is 0 Å². The minimum atomic E-state index is -0.194. The number of amides is 1. The maximum Gasteiger partial charge on any atom is 0.253 e. The van der Waals surface area contributed by atoms with E-state index in [1.807, 2.05) is 49.7 Å². The number of nitrogens with zero attached hydrogens (tertiary/aromatic N) is 3. The van der Waals surface area contributed by atoms with Crippen LogP contribution in [0.5, 0.6) is 5.75 Å². The van der Waals surface area contributed by atoms with Crippen molar-refractivity contribution in [1.82, 2.24) is 10.2 Å². The summed E-state index contributed by atoms with van der Waals surface area (Å²) in [6, 6.07) is 15.7. The first-order valence-corrected chi connectivity index (χ1v) is 11.7. The molecule has 7 nitrogen and oxygen atoms in total. The van der Waals surface area contributed by atoms with Gasteiger partial charge >= 0.3 is 0 Å². The zero-order valence-electron chi connectivity index (χ0n) is 19.5. The van der Waals surface area contributed by atoms with Crippen molar-refractivity contribution in [2.75, 3.05) is 39.1 Å². The number of nitrogens with one attached hydrogen (secondary N) is 2. The van der Waals surface area contributed by atoms with Crippen LogP contribution in [0.25, 0.3) is 0 Å². The van der Waals surface area contributed by atoms with Gasteiger partial charge in [0.05, 0.1) is 7.11 Å². The lowest BCUT2D eigenvalue weighted by atomic mass is 9.99. The molecule has 0 fully saturated rings. The third-order valence-electron chi connectivity index (χ3n) is 6.22. The zero-order chi connectivity index (χ0) is 23.0. The van der Waals surface area contributed by atoms with E-state index in [0.717, 1.165) is 37.4 Å². The van der Waals surface area contributed by atoms with Crippen molar-refractivity contribution in [3.63, 3.8) is 0 Å². The van der Waals surface area contributed by atoms with Gasteiger partial charge in [-0.1, -0.05) is 12.1 Å². The Kier molecular flexibility index (Phi) is 7.73. The van der Waals surface area contributed by atoms with E-state index >= 15 is 0 Å². The Labute approximate surface area is 196 Å². The van der Waals surface area contributed by atoms with E-state index in [-0.39, 0.29) is 18.1 Å². The number of hydrogen-bond acceptors (Lipinski definition) is 6. The maximum atomic E-state index is 12.8. The van der Waals surface area contributed by atoms with Crippen molar-refractivity contribution in [3.8, 4) is 5.75 Å². The molecule has 33 heavy (non-hydrogen) atoms. The standard InChI is InChI=1S/C26H33N5O2/c1-31(16-14-22-5-3-4-15-27-22)25(32)20-6-10-23(11-7-20)30-26-28-17-21(18-29-26)19-8-12-24(33-2)13-9-19/h6-13,17,21,26,29-30H,3-5,14-16,18H2,1-2H3. The molecule has 1 amide bonds. The second-order valence-electron chi connectivity index (χ2n) is 8.59. The number of hydrogen-bond donors (Lipinski definition) is 2. The van der Waals surface area contributed by atoms with E-state index in [2.05, 4.69) is 32.8 Å². The van der Waals surface area contributed by atoms with E-state index in [4.69, 9.17) is 4.74 Å². The van der Waals surface area contributed by atoms with Crippen LogP contribution in [0.1, 0.15) is 47.5 Å². The van der Waals surface area contributed by atoms with Crippen LogP contribution in [0, 0.1) is 0 Å². The first kappa shape index (κ1) is 23.0. The molecule has 2 unspecified atom stereocenters. The number of aliphatic imine (C=N–C) groups is 2. The minimum Gasteiger partial charge on any atom is -0.497 e. The van der Waals surface area contributed by atoms with E-state index in [9.17, 15) is 4.79 Å². The summed E-state index contributed by atoms with van der Waals surface area (Å²) in [4.78, 5) is 23.7. The summed E-state index contributed by atoms with van der Waals surface area (Å²) in [6.45, 7) is 2.43. The summed E-state index contributed by atoms with van der Waals surface area (Å²) < 4.78 is 5.23. The van der Waals surface area contributed by atoms with Gasteiger partial charge in [0, 0.05) is 62.2 Å². The van der Waals surface area contributed by atoms with Crippen molar-refractivity contribution in [1.29, 1.82) is 0 Å². The van der Waals surface area contributed by atoms with Crippen molar-refractivity contribution in [2.24, 2.45) is 9.98 Å². The van der Waals surface area contributed by atoms with E-state index in [0.29, 0.717) is 12.1 Å². The highest BCUT2D eigenvalue weighted by Crippen LogP contribution is 2.20. The molecule has 2 aromatic rings. The monoisotopic (exact) mass is 447 g/mol. The summed E-state index contributed by atoms with van der Waals surface area (Å²) in [6.07, 6.45) is 6.13. The van der Waals surface area contributed by atoms with Gasteiger partial charge in [-0.25, -0.2) is 0 Å². The predicted octanol–water partition coefficient (Wildman–Crippen LogP) is 3.94. The van der Waals surface area contributed by atoms with E-state index < -0.39 is 0 Å². The Bertz CT molecular complexity index is 985. The molecule has 0 spiro atoms. The van der Waals surface area contributed by atoms with Crippen molar-refractivity contribution < 1.29 is 9.53 Å². The van der Waals surface area contributed by atoms with Crippen LogP contribution in [0.15, 0.2) is 58.5 Å². The van der Waals surface area contributed by atoms with E-state index in [1.165, 1.54) is 24.1 Å². The van der Waals surface area contributed by atoms with Crippen molar-refractivity contribution in [2.45, 2.75) is 37.9 Å². The zero-order valence-corrected chi connectivity index (χ0v) is 19.5. The Morgan fingerprint density at radius 3 is 2.58 bits per heavy atom. The number of rotatable bonds is 8. The summed E-state index contributed by atoms with van der Waals surface area (Å²) in [7, 11) is 3.53. The molecule has 2 atom stereocenters. The molecule has 2 aliphatic heterocycles. The molecular formula is C26H33N5O2. The van der Waals surface area contributed by atoms with Crippen LogP contribution in [-0.2, 0) is 0 Å². The summed E-state index contributed by atoms with van der Waals surface area (Å²) in [5.74, 6) is 1.11. The molecular weight excluding hydrogens is 414 g/mol. The van der Waals surface area contributed by atoms with Crippen LogP contribution in [-0.4, -0.2) is 62.8 Å². The smallest absolute Gasteiger partial charge is 0.253 e. The van der Waals surface area contributed by atoms with Gasteiger partial charge in [0.1, 0.15) is 5.75 Å². The van der Waals surface area contributed by atoms with Crippen molar-refractivity contribution >= 4 is 23.5 Å². The number of carbonyl (C=O) groups is 1. The summed E-state index contributed by atoms with van der Waals surface area (Å²) in [5, 5.41) is 6.79. The third-order valence-corrected chi connectivity index (χ3v) is 6.22. The second-order valence-corrected chi connectivity index (χ2v) is 8.59. The molecule has 2 heterocycles. The topological polar surface area (TPSA) is 78.3 Å². The molecule has 2 aliphatic rings. The fourth-order valence-electron chi connectivity index (χ4n) is 4.12. The fourth-order valence-corrected chi connectivity index (χ4v) is 4.12. The van der Waals surface area contributed by atoms with Gasteiger partial charge in [-0.3, -0.25) is 20.1 Å². The lowest BCUT2D eigenvalue weighted by Crippen LogP contribution is -2.41. The molecule has 0 saturated carbocycles. The SMILES string of the molecule is COc1ccc(C2C=NC(Nc3ccc(C(=O)N(C)CCC4=NCCCC4)cc3)NC2)cc1. The molecule has 0 aromatic heterocycles. The van der Waals surface area contributed by atoms with Gasteiger partial charge in [0.25, 0.3) is 5.91 Å². The molecule has 174 valence electrons. The number of carbonyl (C=O) groups excluding carboxylic acids is 1. The molecule has 4 rings (SSSR count). The normalized spacial score (nSPS) is 20.1.